The van der Waals surface area contributed by atoms with Crippen LogP contribution < -0.4 is 4.52 Å². The summed E-state index contributed by atoms with van der Waals surface area (Å²) in [5.74, 6) is 0.195. The fourth-order valence-corrected chi connectivity index (χ4v) is 4.23. The predicted molar refractivity (Wildman–Crippen MR) is 71.8 cm³/mol. The van der Waals surface area contributed by atoms with Crippen molar-refractivity contribution < 1.29 is 28.3 Å². The van der Waals surface area contributed by atoms with Crippen LogP contribution in [-0.4, -0.2) is 27.0 Å². The van der Waals surface area contributed by atoms with Gasteiger partial charge in [-0.15, -0.1) is 0 Å². The molecule has 0 heterocycles. The largest absolute Gasteiger partial charge is 0.424 e. The number of hydrogen-bond acceptors (Lipinski definition) is 3. The van der Waals surface area contributed by atoms with E-state index in [-0.39, 0.29) is 5.75 Å². The predicted octanol–water partition coefficient (Wildman–Crippen LogP) is 2.08. The Morgan fingerprint density at radius 1 is 1.05 bits per heavy atom. The molecule has 1 rings (SSSR count). The van der Waals surface area contributed by atoms with Gasteiger partial charge in [-0.3, -0.25) is 4.57 Å². The zero-order valence-corrected chi connectivity index (χ0v) is 12.0. The first-order valence-corrected chi connectivity index (χ1v) is 8.87. The summed E-state index contributed by atoms with van der Waals surface area (Å²) in [6, 6.07) is 7.98. The lowest BCUT2D eigenvalue weighted by atomic mass is 10.0. The van der Waals surface area contributed by atoms with Crippen LogP contribution in [0, 0.1) is 19.3 Å². The maximum Gasteiger partial charge on any atom is 0.377 e. The molecule has 0 bridgehead atoms. The van der Waals surface area contributed by atoms with E-state index in [2.05, 4.69) is 13.8 Å². The molecule has 0 aliphatic carbocycles. The Balaban J connectivity index is 2.74. The summed E-state index contributed by atoms with van der Waals surface area (Å²) in [7, 11) is -8.46. The fraction of sp³-hybridized carbons (Fsp3) is 0.273. The van der Waals surface area contributed by atoms with E-state index in [0.717, 1.165) is 0 Å². The first-order chi connectivity index (χ1) is 8.49. The summed E-state index contributed by atoms with van der Waals surface area (Å²) < 4.78 is 27.7. The van der Waals surface area contributed by atoms with Gasteiger partial charge in [-0.1, -0.05) is 18.2 Å². The van der Waals surface area contributed by atoms with Crippen molar-refractivity contribution in [1.82, 2.24) is 0 Å². The van der Waals surface area contributed by atoms with Crippen LogP contribution in [0.2, 0.25) is 0 Å². The summed E-state index contributed by atoms with van der Waals surface area (Å²) in [6.07, 6.45) is -1.25. The molecule has 106 valence electrons. The highest BCUT2D eigenvalue weighted by Crippen LogP contribution is 2.51. The summed E-state index contributed by atoms with van der Waals surface area (Å²) >= 11 is 0. The van der Waals surface area contributed by atoms with Gasteiger partial charge in [-0.2, -0.15) is 0 Å². The molecule has 1 atom stereocenters. The fourth-order valence-electron chi connectivity index (χ4n) is 1.59. The molecule has 0 aliphatic rings. The van der Waals surface area contributed by atoms with Crippen molar-refractivity contribution in [2.24, 2.45) is 5.41 Å². The van der Waals surface area contributed by atoms with E-state index in [1.54, 1.807) is 18.2 Å². The van der Waals surface area contributed by atoms with E-state index >= 15 is 0 Å². The summed E-state index contributed by atoms with van der Waals surface area (Å²) in [5, 5.41) is 0. The van der Waals surface area contributed by atoms with Gasteiger partial charge in [-0.25, -0.2) is 4.57 Å². The first kappa shape index (κ1) is 16.4. The average Bonchev–Trinajstić information content (AvgIpc) is 2.11. The van der Waals surface area contributed by atoms with E-state index in [1.807, 2.05) is 0 Å². The van der Waals surface area contributed by atoms with Crippen LogP contribution in [0.15, 0.2) is 30.3 Å². The Hall–Kier alpha value is -0.640. The number of rotatable bonds is 6. The van der Waals surface area contributed by atoms with Crippen LogP contribution in [0.4, 0.5) is 0 Å². The van der Waals surface area contributed by atoms with Crippen molar-refractivity contribution in [3.8, 4) is 5.75 Å². The number of para-hydroxylation sites is 1. The molecule has 0 saturated heterocycles. The van der Waals surface area contributed by atoms with Gasteiger partial charge >= 0.3 is 15.2 Å². The highest BCUT2D eigenvalue weighted by atomic mass is 31.2. The highest BCUT2D eigenvalue weighted by Gasteiger charge is 2.37. The Bertz CT molecular complexity index is 507. The molecule has 8 heteroatoms. The van der Waals surface area contributed by atoms with E-state index in [0.29, 0.717) is 0 Å². The van der Waals surface area contributed by atoms with Crippen LogP contribution in [0.3, 0.4) is 0 Å². The van der Waals surface area contributed by atoms with Crippen molar-refractivity contribution in [2.45, 2.75) is 0 Å². The Kier molecular flexibility index (Phi) is 4.99. The topological polar surface area (TPSA) is 104 Å². The molecule has 1 aromatic carbocycles. The average molecular weight is 306 g/mol. The van der Waals surface area contributed by atoms with Crippen LogP contribution in [0.5, 0.6) is 5.75 Å². The molecule has 1 unspecified atom stereocenters. The van der Waals surface area contributed by atoms with Crippen LogP contribution in [-0.2, 0) is 9.13 Å². The summed E-state index contributed by atoms with van der Waals surface area (Å²) in [5.41, 5.74) is -1.50. The van der Waals surface area contributed by atoms with E-state index < -0.39 is 32.9 Å². The van der Waals surface area contributed by atoms with Gasteiger partial charge in [0.15, 0.2) is 0 Å². The van der Waals surface area contributed by atoms with Gasteiger partial charge in [0.05, 0.1) is 12.3 Å². The lowest BCUT2D eigenvalue weighted by Crippen LogP contribution is -2.24. The standard InChI is InChI=1S/C11H16O6P2/c1-11(2,8-18(12,13)14)9-19(15,16)17-10-6-4-3-5-7-10/h3-7H,1-2,8-9H2,(H,15,16)(H2,12,13,14). The quantitative estimate of drug-likeness (QED) is 0.695. The monoisotopic (exact) mass is 306 g/mol. The molecular weight excluding hydrogens is 290 g/mol. The van der Waals surface area contributed by atoms with Gasteiger partial charge < -0.3 is 19.2 Å². The van der Waals surface area contributed by atoms with Crippen LogP contribution in [0.1, 0.15) is 0 Å². The normalized spacial score (nSPS) is 15.8. The van der Waals surface area contributed by atoms with Gasteiger partial charge in [0.25, 0.3) is 0 Å². The lowest BCUT2D eigenvalue weighted by molar-refractivity contribution is 0.347. The third kappa shape index (κ3) is 6.90. The second-order valence-corrected chi connectivity index (χ2v) is 7.94. The third-order valence-electron chi connectivity index (χ3n) is 2.07. The third-order valence-corrected chi connectivity index (χ3v) is 4.72. The van der Waals surface area contributed by atoms with Crippen molar-refractivity contribution in [3.05, 3.63) is 44.2 Å². The molecule has 0 amide bonds. The van der Waals surface area contributed by atoms with E-state index in [1.165, 1.54) is 12.1 Å². The minimum Gasteiger partial charge on any atom is -0.424 e. The van der Waals surface area contributed by atoms with Gasteiger partial charge in [0.1, 0.15) is 5.75 Å². The van der Waals surface area contributed by atoms with Gasteiger partial charge in [0, 0.05) is 0 Å². The molecule has 0 saturated carbocycles. The maximum atomic E-state index is 11.9. The highest BCUT2D eigenvalue weighted by molar-refractivity contribution is 7.53. The molecule has 1 aromatic rings. The lowest BCUT2D eigenvalue weighted by Gasteiger charge is -2.26. The van der Waals surface area contributed by atoms with E-state index in [4.69, 9.17) is 14.3 Å². The SMILES string of the molecule is [CH2]C([CH2])(CP(=O)(O)O)CP(=O)(O)Oc1ccccc1. The zero-order valence-electron chi connectivity index (χ0n) is 10.2. The first-order valence-electron chi connectivity index (χ1n) is 5.31. The molecule has 19 heavy (non-hydrogen) atoms. The molecule has 0 spiro atoms. The summed E-state index contributed by atoms with van der Waals surface area (Å²) in [6.45, 7) is 6.93. The van der Waals surface area contributed by atoms with E-state index in [9.17, 15) is 14.0 Å². The second-order valence-electron chi connectivity index (χ2n) is 4.52. The smallest absolute Gasteiger partial charge is 0.377 e. The Labute approximate surface area is 112 Å². The van der Waals surface area contributed by atoms with Crippen LogP contribution >= 0.6 is 15.2 Å². The van der Waals surface area contributed by atoms with Crippen molar-refractivity contribution in [2.75, 3.05) is 12.3 Å². The summed E-state index contributed by atoms with van der Waals surface area (Å²) in [4.78, 5) is 27.4. The minimum absolute atomic E-state index is 0.195. The molecule has 0 fully saturated rings. The molecule has 6 nitrogen and oxygen atoms in total. The van der Waals surface area contributed by atoms with Crippen molar-refractivity contribution >= 4 is 15.2 Å². The minimum atomic E-state index is -4.37. The number of hydrogen-bond donors (Lipinski definition) is 3. The van der Waals surface area contributed by atoms with Crippen molar-refractivity contribution in [1.29, 1.82) is 0 Å². The molecule has 0 aliphatic heterocycles. The molecule has 3 N–H and O–H groups in total. The van der Waals surface area contributed by atoms with Crippen molar-refractivity contribution in [3.63, 3.8) is 0 Å². The maximum absolute atomic E-state index is 11.9. The van der Waals surface area contributed by atoms with Gasteiger partial charge in [-0.05, 0) is 31.4 Å². The van der Waals surface area contributed by atoms with Gasteiger partial charge in [0.2, 0.25) is 0 Å². The molecular formula is C11H16O6P2. The molecule has 2 radical (unpaired) electrons. The second kappa shape index (κ2) is 5.78. The Morgan fingerprint density at radius 3 is 2.05 bits per heavy atom. The zero-order chi connectivity index (χ0) is 14.7. The Morgan fingerprint density at radius 2 is 1.58 bits per heavy atom. The van der Waals surface area contributed by atoms with Crippen LogP contribution in [0.25, 0.3) is 0 Å². The number of benzene rings is 1. The molecule has 0 aromatic heterocycles.